The van der Waals surface area contributed by atoms with Crippen LogP contribution >= 0.6 is 11.3 Å². The second kappa shape index (κ2) is 5.83. The van der Waals surface area contributed by atoms with Gasteiger partial charge in [-0.2, -0.15) is 0 Å². The average molecular weight is 337 g/mol. The van der Waals surface area contributed by atoms with E-state index in [4.69, 9.17) is 0 Å². The van der Waals surface area contributed by atoms with Crippen molar-refractivity contribution in [3.8, 4) is 22.4 Å². The minimum atomic E-state index is 1.01. The van der Waals surface area contributed by atoms with E-state index in [1.807, 2.05) is 35.7 Å². The third kappa shape index (κ3) is 2.51. The number of thiophene rings is 1. The third-order valence-corrected chi connectivity index (χ3v) is 5.69. The van der Waals surface area contributed by atoms with Gasteiger partial charge in [-0.3, -0.25) is 4.98 Å². The van der Waals surface area contributed by atoms with Crippen molar-refractivity contribution < 1.29 is 0 Å². The van der Waals surface area contributed by atoms with Crippen molar-refractivity contribution in [2.24, 2.45) is 0 Å². The van der Waals surface area contributed by atoms with E-state index in [0.717, 1.165) is 11.3 Å². The van der Waals surface area contributed by atoms with Crippen molar-refractivity contribution in [3.63, 3.8) is 0 Å². The molecular weight excluding hydrogens is 322 g/mol. The number of fused-ring (bicyclic) bond motifs is 3. The monoisotopic (exact) mass is 337 g/mol. The Morgan fingerprint density at radius 1 is 0.560 bits per heavy atom. The molecule has 5 aromatic rings. The molecule has 0 saturated heterocycles. The lowest BCUT2D eigenvalue weighted by molar-refractivity contribution is 1.33. The van der Waals surface area contributed by atoms with Crippen LogP contribution in [0.15, 0.2) is 91.1 Å². The van der Waals surface area contributed by atoms with Crippen LogP contribution in [0.1, 0.15) is 0 Å². The Hall–Kier alpha value is -2.97. The number of hydrogen-bond acceptors (Lipinski definition) is 2. The highest BCUT2D eigenvalue weighted by Gasteiger charge is 2.06. The van der Waals surface area contributed by atoms with Gasteiger partial charge in [-0.1, -0.05) is 60.7 Å². The first-order valence-electron chi connectivity index (χ1n) is 8.32. The van der Waals surface area contributed by atoms with Crippen LogP contribution in [-0.4, -0.2) is 4.98 Å². The van der Waals surface area contributed by atoms with Crippen molar-refractivity contribution in [2.45, 2.75) is 0 Å². The number of hydrogen-bond donors (Lipinski definition) is 0. The Kier molecular flexibility index (Phi) is 3.36. The summed E-state index contributed by atoms with van der Waals surface area (Å²) in [6.07, 6.45) is 1.83. The van der Waals surface area contributed by atoms with Gasteiger partial charge < -0.3 is 0 Å². The molecule has 0 atom stereocenters. The van der Waals surface area contributed by atoms with Gasteiger partial charge in [0.1, 0.15) is 0 Å². The molecule has 0 aliphatic rings. The number of pyridine rings is 1. The van der Waals surface area contributed by atoms with Gasteiger partial charge >= 0.3 is 0 Å². The Bertz CT molecular complexity index is 1170. The number of rotatable bonds is 2. The molecule has 2 aromatic heterocycles. The Balaban J connectivity index is 1.57. The molecule has 3 aromatic carbocycles. The van der Waals surface area contributed by atoms with E-state index in [0.29, 0.717) is 0 Å². The normalized spacial score (nSPS) is 11.2. The van der Waals surface area contributed by atoms with Crippen molar-refractivity contribution in [1.29, 1.82) is 0 Å². The van der Waals surface area contributed by atoms with Crippen molar-refractivity contribution in [1.82, 2.24) is 4.98 Å². The summed E-state index contributed by atoms with van der Waals surface area (Å²) < 4.78 is 2.69. The van der Waals surface area contributed by atoms with E-state index in [2.05, 4.69) is 71.7 Å². The molecule has 1 nitrogen and oxygen atoms in total. The predicted molar refractivity (Wildman–Crippen MR) is 108 cm³/mol. The standard InChI is InChI=1S/C23H15NS/c1-2-7-22-19(5-1)20-13-12-18(15-23(20)25-22)16-8-10-17(11-9-16)21-6-3-4-14-24-21/h1-15H. The first-order chi connectivity index (χ1) is 12.4. The molecule has 0 fully saturated rings. The fraction of sp³-hybridized carbons (Fsp3) is 0. The van der Waals surface area contributed by atoms with Gasteiger partial charge in [-0.25, -0.2) is 0 Å². The predicted octanol–water partition coefficient (Wildman–Crippen LogP) is 6.78. The zero-order valence-electron chi connectivity index (χ0n) is 13.5. The maximum absolute atomic E-state index is 4.42. The van der Waals surface area contributed by atoms with E-state index in [9.17, 15) is 0 Å². The van der Waals surface area contributed by atoms with Crippen LogP contribution in [0.4, 0.5) is 0 Å². The second-order valence-electron chi connectivity index (χ2n) is 6.10. The Morgan fingerprint density at radius 3 is 2.12 bits per heavy atom. The zero-order chi connectivity index (χ0) is 16.6. The molecule has 0 aliphatic heterocycles. The quantitative estimate of drug-likeness (QED) is 0.346. The maximum Gasteiger partial charge on any atom is 0.0701 e. The molecule has 2 heterocycles. The largest absolute Gasteiger partial charge is 0.256 e. The lowest BCUT2D eigenvalue weighted by Gasteiger charge is -2.05. The molecule has 0 radical (unpaired) electrons. The van der Waals surface area contributed by atoms with Gasteiger partial charge in [0.05, 0.1) is 5.69 Å². The van der Waals surface area contributed by atoms with Crippen LogP contribution in [0.5, 0.6) is 0 Å². The highest BCUT2D eigenvalue weighted by molar-refractivity contribution is 7.25. The minimum absolute atomic E-state index is 1.01. The highest BCUT2D eigenvalue weighted by Crippen LogP contribution is 2.36. The molecule has 0 amide bonds. The van der Waals surface area contributed by atoms with E-state index >= 15 is 0 Å². The fourth-order valence-corrected chi connectivity index (χ4v) is 4.42. The molecule has 25 heavy (non-hydrogen) atoms. The molecule has 118 valence electrons. The molecule has 0 spiro atoms. The van der Waals surface area contributed by atoms with Crippen LogP contribution in [0.3, 0.4) is 0 Å². The summed E-state index contributed by atoms with van der Waals surface area (Å²) in [5.41, 5.74) is 4.65. The Labute approximate surface area is 150 Å². The van der Waals surface area contributed by atoms with Gasteiger partial charge in [-0.05, 0) is 35.4 Å². The third-order valence-electron chi connectivity index (χ3n) is 4.56. The number of benzene rings is 3. The van der Waals surface area contributed by atoms with Gasteiger partial charge in [0.2, 0.25) is 0 Å². The van der Waals surface area contributed by atoms with Crippen molar-refractivity contribution in [2.75, 3.05) is 0 Å². The molecule has 0 saturated carbocycles. The first kappa shape index (κ1) is 14.4. The summed E-state index contributed by atoms with van der Waals surface area (Å²) in [4.78, 5) is 4.42. The van der Waals surface area contributed by atoms with Crippen molar-refractivity contribution >= 4 is 31.5 Å². The SMILES string of the molecule is c1ccc(-c2ccc(-c3ccc4c(c3)sc3ccccc34)cc2)nc1. The fourth-order valence-electron chi connectivity index (χ4n) is 3.27. The summed E-state index contributed by atoms with van der Waals surface area (Å²) in [5, 5.41) is 2.69. The first-order valence-corrected chi connectivity index (χ1v) is 9.13. The number of nitrogens with zero attached hydrogens (tertiary/aromatic N) is 1. The molecular formula is C23H15NS. The molecule has 0 N–H and O–H groups in total. The lowest BCUT2D eigenvalue weighted by Crippen LogP contribution is -1.82. The zero-order valence-corrected chi connectivity index (χ0v) is 14.3. The highest BCUT2D eigenvalue weighted by atomic mass is 32.1. The second-order valence-corrected chi connectivity index (χ2v) is 7.19. The lowest BCUT2D eigenvalue weighted by atomic mass is 10.0. The summed E-state index contributed by atoms with van der Waals surface area (Å²) in [6, 6.07) is 30.0. The van der Waals surface area contributed by atoms with Crippen LogP contribution in [0.2, 0.25) is 0 Å². The summed E-state index contributed by atoms with van der Waals surface area (Å²) in [7, 11) is 0. The van der Waals surface area contributed by atoms with Gasteiger partial charge in [0.25, 0.3) is 0 Å². The summed E-state index contributed by atoms with van der Waals surface area (Å²) in [5.74, 6) is 0. The van der Waals surface area contributed by atoms with E-state index in [1.54, 1.807) is 0 Å². The smallest absolute Gasteiger partial charge is 0.0701 e. The summed E-state index contributed by atoms with van der Waals surface area (Å²) in [6.45, 7) is 0. The topological polar surface area (TPSA) is 12.9 Å². The molecule has 2 heteroatoms. The molecule has 5 rings (SSSR count). The molecule has 0 unspecified atom stereocenters. The molecule has 0 aliphatic carbocycles. The van der Waals surface area contributed by atoms with Crippen LogP contribution in [0.25, 0.3) is 42.6 Å². The van der Waals surface area contributed by atoms with Gasteiger partial charge in [0.15, 0.2) is 0 Å². The van der Waals surface area contributed by atoms with E-state index in [-0.39, 0.29) is 0 Å². The summed E-state index contributed by atoms with van der Waals surface area (Å²) >= 11 is 1.86. The minimum Gasteiger partial charge on any atom is -0.256 e. The average Bonchev–Trinajstić information content (AvgIpc) is 3.06. The van der Waals surface area contributed by atoms with E-state index in [1.165, 1.54) is 31.3 Å². The van der Waals surface area contributed by atoms with Crippen molar-refractivity contribution in [3.05, 3.63) is 91.1 Å². The molecule has 0 bridgehead atoms. The van der Waals surface area contributed by atoms with Gasteiger partial charge in [-0.15, -0.1) is 11.3 Å². The number of aromatic nitrogens is 1. The van der Waals surface area contributed by atoms with Crippen LogP contribution in [-0.2, 0) is 0 Å². The van der Waals surface area contributed by atoms with E-state index < -0.39 is 0 Å². The maximum atomic E-state index is 4.42. The van der Waals surface area contributed by atoms with Crippen LogP contribution in [0, 0.1) is 0 Å². The van der Waals surface area contributed by atoms with Gasteiger partial charge in [0, 0.05) is 31.9 Å². The Morgan fingerprint density at radius 2 is 1.28 bits per heavy atom. The van der Waals surface area contributed by atoms with Crippen LogP contribution < -0.4 is 0 Å².